The SMILES string of the molecule is CCNC1CCCCCC1S(=O)C(C)(C)C. The minimum absolute atomic E-state index is 0.0807. The highest BCUT2D eigenvalue weighted by Crippen LogP contribution is 2.27. The maximum absolute atomic E-state index is 12.5. The fraction of sp³-hybridized carbons (Fsp3) is 1.00. The zero-order valence-corrected chi connectivity index (χ0v) is 12.0. The Morgan fingerprint density at radius 2 is 1.81 bits per heavy atom. The van der Waals surface area contributed by atoms with E-state index in [2.05, 4.69) is 33.0 Å². The molecular formula is C13H27NOS. The first-order valence-corrected chi connectivity index (χ1v) is 7.82. The van der Waals surface area contributed by atoms with E-state index in [-0.39, 0.29) is 4.75 Å². The summed E-state index contributed by atoms with van der Waals surface area (Å²) in [4.78, 5) is 0. The summed E-state index contributed by atoms with van der Waals surface area (Å²) in [6.45, 7) is 9.41. The van der Waals surface area contributed by atoms with Gasteiger partial charge >= 0.3 is 0 Å². The lowest BCUT2D eigenvalue weighted by atomic mass is 10.1. The van der Waals surface area contributed by atoms with Crippen LogP contribution >= 0.6 is 0 Å². The van der Waals surface area contributed by atoms with E-state index in [0.29, 0.717) is 11.3 Å². The second-order valence-electron chi connectivity index (χ2n) is 5.75. The highest BCUT2D eigenvalue weighted by Gasteiger charge is 2.33. The third-order valence-corrected chi connectivity index (χ3v) is 5.62. The van der Waals surface area contributed by atoms with E-state index in [9.17, 15) is 4.21 Å². The number of nitrogens with one attached hydrogen (secondary N) is 1. The van der Waals surface area contributed by atoms with E-state index in [0.717, 1.165) is 13.0 Å². The second-order valence-corrected chi connectivity index (χ2v) is 8.18. The van der Waals surface area contributed by atoms with Crippen molar-refractivity contribution in [2.75, 3.05) is 6.54 Å². The minimum Gasteiger partial charge on any atom is -0.313 e. The Morgan fingerprint density at radius 1 is 1.19 bits per heavy atom. The van der Waals surface area contributed by atoms with Gasteiger partial charge < -0.3 is 5.32 Å². The third kappa shape index (κ3) is 3.85. The lowest BCUT2D eigenvalue weighted by molar-refractivity contribution is 0.469. The molecule has 0 bridgehead atoms. The third-order valence-electron chi connectivity index (χ3n) is 3.30. The van der Waals surface area contributed by atoms with Crippen LogP contribution in [0.25, 0.3) is 0 Å². The van der Waals surface area contributed by atoms with Gasteiger partial charge in [0.15, 0.2) is 0 Å². The van der Waals surface area contributed by atoms with Gasteiger partial charge in [-0.1, -0.05) is 26.2 Å². The van der Waals surface area contributed by atoms with Crippen LogP contribution < -0.4 is 5.32 Å². The van der Waals surface area contributed by atoms with Crippen molar-refractivity contribution >= 4 is 10.8 Å². The van der Waals surface area contributed by atoms with Gasteiger partial charge in [-0.05, 0) is 40.2 Å². The van der Waals surface area contributed by atoms with Crippen molar-refractivity contribution in [2.45, 2.75) is 75.8 Å². The summed E-state index contributed by atoms with van der Waals surface area (Å²) in [5.41, 5.74) is 0. The zero-order chi connectivity index (χ0) is 12.2. The number of hydrogen-bond donors (Lipinski definition) is 1. The van der Waals surface area contributed by atoms with Crippen molar-refractivity contribution < 1.29 is 4.21 Å². The molecule has 0 radical (unpaired) electrons. The van der Waals surface area contributed by atoms with E-state index in [4.69, 9.17) is 0 Å². The molecule has 3 atom stereocenters. The summed E-state index contributed by atoms with van der Waals surface area (Å²) in [6.07, 6.45) is 6.16. The molecule has 3 unspecified atom stereocenters. The topological polar surface area (TPSA) is 29.1 Å². The largest absolute Gasteiger partial charge is 0.313 e. The molecule has 0 spiro atoms. The summed E-state index contributed by atoms with van der Waals surface area (Å²) >= 11 is 0. The zero-order valence-electron chi connectivity index (χ0n) is 11.2. The maximum Gasteiger partial charge on any atom is 0.0506 e. The quantitative estimate of drug-likeness (QED) is 0.775. The van der Waals surface area contributed by atoms with E-state index < -0.39 is 10.8 Å². The molecule has 0 heterocycles. The van der Waals surface area contributed by atoms with Crippen LogP contribution in [0.5, 0.6) is 0 Å². The van der Waals surface area contributed by atoms with Crippen LogP contribution in [0.4, 0.5) is 0 Å². The molecule has 0 aliphatic heterocycles. The maximum atomic E-state index is 12.5. The van der Waals surface area contributed by atoms with Gasteiger partial charge in [0, 0.05) is 21.6 Å². The van der Waals surface area contributed by atoms with Crippen molar-refractivity contribution in [1.29, 1.82) is 0 Å². The Hall–Kier alpha value is 0.110. The fourth-order valence-electron chi connectivity index (χ4n) is 2.48. The van der Waals surface area contributed by atoms with Crippen LogP contribution in [-0.4, -0.2) is 26.8 Å². The van der Waals surface area contributed by atoms with Gasteiger partial charge in [-0.15, -0.1) is 0 Å². The first kappa shape index (κ1) is 14.2. The molecule has 1 N–H and O–H groups in total. The lowest BCUT2D eigenvalue weighted by Crippen LogP contribution is -2.45. The van der Waals surface area contributed by atoms with Crippen LogP contribution in [0.15, 0.2) is 0 Å². The molecular weight excluding hydrogens is 218 g/mol. The molecule has 0 aromatic carbocycles. The van der Waals surface area contributed by atoms with Crippen LogP contribution in [0, 0.1) is 0 Å². The van der Waals surface area contributed by atoms with Crippen LogP contribution in [0.2, 0.25) is 0 Å². The summed E-state index contributed by atoms with van der Waals surface area (Å²) < 4.78 is 12.4. The summed E-state index contributed by atoms with van der Waals surface area (Å²) in [6, 6.07) is 0.465. The van der Waals surface area contributed by atoms with E-state index in [1.54, 1.807) is 0 Å². The van der Waals surface area contributed by atoms with E-state index >= 15 is 0 Å². The molecule has 1 rings (SSSR count). The van der Waals surface area contributed by atoms with Crippen molar-refractivity contribution in [3.8, 4) is 0 Å². The normalized spacial score (nSPS) is 29.8. The van der Waals surface area contributed by atoms with Crippen molar-refractivity contribution in [2.24, 2.45) is 0 Å². The standard InChI is InChI=1S/C13H27NOS/c1-5-14-11-9-7-6-8-10-12(11)16(15)13(2,3)4/h11-12,14H,5-10H2,1-4H3. The lowest BCUT2D eigenvalue weighted by Gasteiger charge is -2.31. The Balaban J connectivity index is 2.74. The van der Waals surface area contributed by atoms with E-state index in [1.165, 1.54) is 25.7 Å². The van der Waals surface area contributed by atoms with Gasteiger partial charge in [0.2, 0.25) is 0 Å². The average Bonchev–Trinajstić information content (AvgIpc) is 2.41. The van der Waals surface area contributed by atoms with Crippen LogP contribution in [-0.2, 0) is 10.8 Å². The molecule has 1 aliphatic carbocycles. The molecule has 96 valence electrons. The predicted octanol–water partition coefficient (Wildman–Crippen LogP) is 2.84. The Morgan fingerprint density at radius 3 is 2.38 bits per heavy atom. The molecule has 2 nitrogen and oxygen atoms in total. The molecule has 0 saturated heterocycles. The monoisotopic (exact) mass is 245 g/mol. The fourth-order valence-corrected chi connectivity index (χ4v) is 4.30. The van der Waals surface area contributed by atoms with Crippen molar-refractivity contribution in [3.63, 3.8) is 0 Å². The molecule has 0 aromatic rings. The number of hydrogen-bond acceptors (Lipinski definition) is 2. The molecule has 1 fully saturated rings. The van der Waals surface area contributed by atoms with Crippen LogP contribution in [0.1, 0.15) is 59.8 Å². The van der Waals surface area contributed by atoms with Gasteiger partial charge in [-0.3, -0.25) is 4.21 Å². The summed E-state index contributed by atoms with van der Waals surface area (Å²) in [5.74, 6) is 0. The highest BCUT2D eigenvalue weighted by atomic mass is 32.2. The second kappa shape index (κ2) is 6.15. The molecule has 0 aromatic heterocycles. The predicted molar refractivity (Wildman–Crippen MR) is 72.2 cm³/mol. The first-order valence-electron chi connectivity index (χ1n) is 6.61. The van der Waals surface area contributed by atoms with Crippen molar-refractivity contribution in [1.82, 2.24) is 5.32 Å². The summed E-state index contributed by atoms with van der Waals surface area (Å²) in [5, 5.41) is 3.88. The Kier molecular flexibility index (Phi) is 5.45. The molecule has 0 amide bonds. The molecule has 1 saturated carbocycles. The Bertz CT molecular complexity index is 235. The average molecular weight is 245 g/mol. The smallest absolute Gasteiger partial charge is 0.0506 e. The van der Waals surface area contributed by atoms with Gasteiger partial charge in [-0.2, -0.15) is 0 Å². The Labute approximate surface area is 103 Å². The first-order chi connectivity index (χ1) is 7.46. The number of rotatable bonds is 3. The van der Waals surface area contributed by atoms with Gasteiger partial charge in [0.25, 0.3) is 0 Å². The van der Waals surface area contributed by atoms with Gasteiger partial charge in [0.05, 0.1) is 5.25 Å². The van der Waals surface area contributed by atoms with Gasteiger partial charge in [-0.25, -0.2) is 0 Å². The van der Waals surface area contributed by atoms with E-state index in [1.807, 2.05) is 0 Å². The van der Waals surface area contributed by atoms with Crippen LogP contribution in [0.3, 0.4) is 0 Å². The molecule has 16 heavy (non-hydrogen) atoms. The molecule has 1 aliphatic rings. The summed E-state index contributed by atoms with van der Waals surface area (Å²) in [7, 11) is -0.729. The van der Waals surface area contributed by atoms with Crippen molar-refractivity contribution in [3.05, 3.63) is 0 Å². The van der Waals surface area contributed by atoms with Gasteiger partial charge in [0.1, 0.15) is 0 Å². The highest BCUT2D eigenvalue weighted by molar-refractivity contribution is 7.87. The molecule has 3 heteroatoms. The minimum atomic E-state index is -0.729.